The van der Waals surface area contributed by atoms with E-state index in [1.807, 2.05) is 24.3 Å². The topological polar surface area (TPSA) is 73.1 Å². The second kappa shape index (κ2) is 7.21. The van der Waals surface area contributed by atoms with Gasteiger partial charge < -0.3 is 15.8 Å². The van der Waals surface area contributed by atoms with Crippen LogP contribution < -0.4 is 15.8 Å². The lowest BCUT2D eigenvalue weighted by Crippen LogP contribution is -2.27. The molecule has 2 rings (SSSR count). The molecule has 0 aliphatic heterocycles. The number of anilines is 1. The van der Waals surface area contributed by atoms with E-state index in [0.29, 0.717) is 13.0 Å². The first-order valence-electron chi connectivity index (χ1n) is 6.67. The zero-order chi connectivity index (χ0) is 14.4. The molecule has 3 N–H and O–H groups in total. The maximum absolute atomic E-state index is 5.67. The fourth-order valence-electron chi connectivity index (χ4n) is 1.85. The summed E-state index contributed by atoms with van der Waals surface area (Å²) in [7, 11) is 1.67. The van der Waals surface area contributed by atoms with Crippen molar-refractivity contribution in [3.63, 3.8) is 0 Å². The smallest absolute Gasteiger partial charge is 0.202 e. The first kappa shape index (κ1) is 14.7. The third kappa shape index (κ3) is 3.91. The van der Waals surface area contributed by atoms with Crippen molar-refractivity contribution in [1.29, 1.82) is 0 Å². The van der Waals surface area contributed by atoms with E-state index in [0.717, 1.165) is 28.7 Å². The van der Waals surface area contributed by atoms with Crippen LogP contribution >= 0.6 is 11.5 Å². The molecule has 108 valence electrons. The molecule has 5 nitrogen and oxygen atoms in total. The number of ether oxygens (including phenoxy) is 1. The van der Waals surface area contributed by atoms with Gasteiger partial charge in [-0.25, -0.2) is 4.98 Å². The number of nitrogens with one attached hydrogen (secondary N) is 1. The van der Waals surface area contributed by atoms with Crippen molar-refractivity contribution in [3.8, 4) is 5.75 Å². The summed E-state index contributed by atoms with van der Waals surface area (Å²) in [6.07, 6.45) is 1.68. The molecule has 0 bridgehead atoms. The van der Waals surface area contributed by atoms with Gasteiger partial charge in [-0.3, -0.25) is 0 Å². The van der Waals surface area contributed by atoms with Gasteiger partial charge in [0.1, 0.15) is 11.6 Å². The van der Waals surface area contributed by atoms with Crippen LogP contribution in [0, 0.1) is 0 Å². The standard InChI is InChI=1S/C14H20N4OS/c1-3-11(9-15)16-14-17-13(18-20-14)8-10-5-4-6-12(7-10)19-2/h4-7,11H,3,8-9,15H2,1-2H3,(H,16,17,18). The molecular weight excluding hydrogens is 272 g/mol. The van der Waals surface area contributed by atoms with E-state index in [2.05, 4.69) is 21.6 Å². The molecule has 1 heterocycles. The molecule has 6 heteroatoms. The molecule has 0 fully saturated rings. The van der Waals surface area contributed by atoms with Gasteiger partial charge in [0.2, 0.25) is 5.13 Å². The summed E-state index contributed by atoms with van der Waals surface area (Å²) in [6.45, 7) is 2.70. The SMILES string of the molecule is CCC(CN)Nc1nc(Cc2cccc(OC)c2)ns1. The number of hydrogen-bond acceptors (Lipinski definition) is 6. The average Bonchev–Trinajstić information content (AvgIpc) is 2.92. The Labute approximate surface area is 123 Å². The van der Waals surface area contributed by atoms with Crippen LogP contribution in [-0.2, 0) is 6.42 Å². The Balaban J connectivity index is 2.01. The predicted octanol–water partition coefficient (Wildman–Crippen LogP) is 2.29. The summed E-state index contributed by atoms with van der Waals surface area (Å²) < 4.78 is 9.59. The quantitative estimate of drug-likeness (QED) is 0.819. The highest BCUT2D eigenvalue weighted by molar-refractivity contribution is 7.09. The van der Waals surface area contributed by atoms with Gasteiger partial charge in [-0.05, 0) is 24.1 Å². The molecule has 0 aliphatic rings. The van der Waals surface area contributed by atoms with E-state index in [9.17, 15) is 0 Å². The Morgan fingerprint density at radius 2 is 2.30 bits per heavy atom. The van der Waals surface area contributed by atoms with E-state index in [1.54, 1.807) is 7.11 Å². The van der Waals surface area contributed by atoms with Crippen molar-refractivity contribution in [3.05, 3.63) is 35.7 Å². The van der Waals surface area contributed by atoms with Crippen LogP contribution in [-0.4, -0.2) is 29.1 Å². The minimum Gasteiger partial charge on any atom is -0.497 e. The Hall–Kier alpha value is -1.66. The third-order valence-corrected chi connectivity index (χ3v) is 3.75. The summed E-state index contributed by atoms with van der Waals surface area (Å²) in [5.74, 6) is 1.67. The Morgan fingerprint density at radius 1 is 1.45 bits per heavy atom. The molecule has 0 radical (unpaired) electrons. The van der Waals surface area contributed by atoms with Crippen LogP contribution in [0.1, 0.15) is 24.7 Å². The maximum Gasteiger partial charge on any atom is 0.202 e. The van der Waals surface area contributed by atoms with Crippen molar-refractivity contribution in [2.75, 3.05) is 19.0 Å². The molecule has 0 spiro atoms. The van der Waals surface area contributed by atoms with Crippen molar-refractivity contribution in [1.82, 2.24) is 9.36 Å². The van der Waals surface area contributed by atoms with Crippen molar-refractivity contribution < 1.29 is 4.74 Å². The minimum atomic E-state index is 0.257. The maximum atomic E-state index is 5.67. The number of nitrogens with zero attached hydrogens (tertiary/aromatic N) is 2. The van der Waals surface area contributed by atoms with Crippen LogP contribution in [0.15, 0.2) is 24.3 Å². The molecule has 0 saturated carbocycles. The average molecular weight is 292 g/mol. The predicted molar refractivity (Wildman–Crippen MR) is 82.5 cm³/mol. The number of rotatable bonds is 7. The normalized spacial score (nSPS) is 12.2. The van der Waals surface area contributed by atoms with Gasteiger partial charge in [0.15, 0.2) is 0 Å². The Morgan fingerprint density at radius 3 is 3.00 bits per heavy atom. The second-order valence-electron chi connectivity index (χ2n) is 4.53. The zero-order valence-electron chi connectivity index (χ0n) is 11.8. The lowest BCUT2D eigenvalue weighted by molar-refractivity contribution is 0.414. The van der Waals surface area contributed by atoms with E-state index >= 15 is 0 Å². The molecule has 0 saturated heterocycles. The number of hydrogen-bond donors (Lipinski definition) is 2. The van der Waals surface area contributed by atoms with E-state index in [4.69, 9.17) is 10.5 Å². The molecule has 1 aromatic carbocycles. The highest BCUT2D eigenvalue weighted by Gasteiger charge is 2.09. The van der Waals surface area contributed by atoms with Gasteiger partial charge in [0.25, 0.3) is 0 Å². The van der Waals surface area contributed by atoms with Gasteiger partial charge in [-0.2, -0.15) is 4.37 Å². The number of nitrogens with two attached hydrogens (primary N) is 1. The van der Waals surface area contributed by atoms with Crippen LogP contribution in [0.4, 0.5) is 5.13 Å². The fraction of sp³-hybridized carbons (Fsp3) is 0.429. The first-order chi connectivity index (χ1) is 9.75. The van der Waals surface area contributed by atoms with Crippen molar-refractivity contribution in [2.24, 2.45) is 5.73 Å². The number of methoxy groups -OCH3 is 1. The van der Waals surface area contributed by atoms with Gasteiger partial charge in [-0.15, -0.1) is 0 Å². The van der Waals surface area contributed by atoms with Gasteiger partial charge >= 0.3 is 0 Å². The summed E-state index contributed by atoms with van der Waals surface area (Å²) >= 11 is 1.38. The van der Waals surface area contributed by atoms with Gasteiger partial charge in [0, 0.05) is 30.5 Å². The summed E-state index contributed by atoms with van der Waals surface area (Å²) in [4.78, 5) is 4.50. The monoisotopic (exact) mass is 292 g/mol. The highest BCUT2D eigenvalue weighted by Crippen LogP contribution is 2.18. The molecule has 20 heavy (non-hydrogen) atoms. The van der Waals surface area contributed by atoms with E-state index in [-0.39, 0.29) is 6.04 Å². The molecule has 1 unspecified atom stereocenters. The summed E-state index contributed by atoms with van der Waals surface area (Å²) in [6, 6.07) is 8.21. The number of benzene rings is 1. The van der Waals surface area contributed by atoms with Gasteiger partial charge in [-0.1, -0.05) is 19.1 Å². The second-order valence-corrected chi connectivity index (χ2v) is 5.28. The molecular formula is C14H20N4OS. The van der Waals surface area contributed by atoms with Gasteiger partial charge in [0.05, 0.1) is 7.11 Å². The first-order valence-corrected chi connectivity index (χ1v) is 7.44. The van der Waals surface area contributed by atoms with Crippen molar-refractivity contribution in [2.45, 2.75) is 25.8 Å². The Kier molecular flexibility index (Phi) is 5.31. The largest absolute Gasteiger partial charge is 0.497 e. The van der Waals surface area contributed by atoms with Crippen LogP contribution in [0.3, 0.4) is 0 Å². The molecule has 1 atom stereocenters. The zero-order valence-corrected chi connectivity index (χ0v) is 12.6. The fourth-order valence-corrected chi connectivity index (χ4v) is 2.51. The summed E-state index contributed by atoms with van der Waals surface area (Å²) in [5.41, 5.74) is 6.81. The van der Waals surface area contributed by atoms with E-state index in [1.165, 1.54) is 11.5 Å². The molecule has 2 aromatic rings. The minimum absolute atomic E-state index is 0.257. The lowest BCUT2D eigenvalue weighted by atomic mass is 10.1. The van der Waals surface area contributed by atoms with E-state index < -0.39 is 0 Å². The Bertz CT molecular complexity index is 539. The highest BCUT2D eigenvalue weighted by atomic mass is 32.1. The van der Waals surface area contributed by atoms with Crippen LogP contribution in [0.5, 0.6) is 5.75 Å². The van der Waals surface area contributed by atoms with Crippen LogP contribution in [0.25, 0.3) is 0 Å². The van der Waals surface area contributed by atoms with Crippen LogP contribution in [0.2, 0.25) is 0 Å². The third-order valence-electron chi connectivity index (χ3n) is 3.07. The van der Waals surface area contributed by atoms with Crippen molar-refractivity contribution >= 4 is 16.7 Å². The lowest BCUT2D eigenvalue weighted by Gasteiger charge is -2.12. The summed E-state index contributed by atoms with van der Waals surface area (Å²) in [5, 5.41) is 4.14. The molecule has 0 aliphatic carbocycles. The molecule has 1 aromatic heterocycles. The number of aromatic nitrogens is 2. The molecule has 0 amide bonds.